The third-order valence-corrected chi connectivity index (χ3v) is 3.91. The van der Waals surface area contributed by atoms with Gasteiger partial charge in [0.25, 0.3) is 11.8 Å². The number of nitrogens with zero attached hydrogens (tertiary/aromatic N) is 1. The summed E-state index contributed by atoms with van der Waals surface area (Å²) >= 11 is 12.2. The molecule has 0 atom stereocenters. The molecule has 3 nitrogen and oxygen atoms in total. The lowest BCUT2D eigenvalue weighted by atomic mass is 10.1. The van der Waals surface area contributed by atoms with Gasteiger partial charge in [0.15, 0.2) is 0 Å². The van der Waals surface area contributed by atoms with E-state index in [9.17, 15) is 9.59 Å². The highest BCUT2D eigenvalue weighted by molar-refractivity contribution is 6.35. The van der Waals surface area contributed by atoms with Crippen LogP contribution in [0.25, 0.3) is 0 Å². The van der Waals surface area contributed by atoms with Gasteiger partial charge in [-0.25, -0.2) is 0 Å². The first kappa shape index (κ1) is 17.5. The van der Waals surface area contributed by atoms with E-state index in [2.05, 4.69) is 0 Å². The molecule has 0 bridgehead atoms. The number of amides is 2. The Labute approximate surface area is 145 Å². The summed E-state index contributed by atoms with van der Waals surface area (Å²) in [7, 11) is 0. The molecular formula is C18H17Cl2NO2. The van der Waals surface area contributed by atoms with E-state index in [1.54, 1.807) is 48.5 Å². The van der Waals surface area contributed by atoms with Crippen molar-refractivity contribution in [3.05, 3.63) is 69.7 Å². The number of hydrogen-bond donors (Lipinski definition) is 0. The SMILES string of the molecule is CC(C)CN(C(=O)c1ccccc1Cl)C(=O)c1ccccc1Cl. The average Bonchev–Trinajstić information content (AvgIpc) is 2.52. The van der Waals surface area contributed by atoms with Gasteiger partial charge >= 0.3 is 0 Å². The van der Waals surface area contributed by atoms with Crippen molar-refractivity contribution in [1.82, 2.24) is 4.90 Å². The van der Waals surface area contributed by atoms with Crippen molar-refractivity contribution in [3.8, 4) is 0 Å². The quantitative estimate of drug-likeness (QED) is 0.733. The zero-order valence-corrected chi connectivity index (χ0v) is 14.4. The van der Waals surface area contributed by atoms with E-state index in [1.807, 2.05) is 13.8 Å². The maximum absolute atomic E-state index is 12.8. The number of carbonyl (C=O) groups is 2. The third kappa shape index (κ3) is 4.12. The minimum absolute atomic E-state index is 0.118. The first-order valence-electron chi connectivity index (χ1n) is 7.27. The summed E-state index contributed by atoms with van der Waals surface area (Å²) in [5, 5.41) is 0.636. The van der Waals surface area contributed by atoms with Gasteiger partial charge in [-0.1, -0.05) is 61.3 Å². The Kier molecular flexibility index (Phi) is 5.80. The van der Waals surface area contributed by atoms with Gasteiger partial charge in [0.1, 0.15) is 0 Å². The van der Waals surface area contributed by atoms with Crippen LogP contribution in [0.3, 0.4) is 0 Å². The van der Waals surface area contributed by atoms with Crippen LogP contribution < -0.4 is 0 Å². The smallest absolute Gasteiger partial charge is 0.262 e. The maximum Gasteiger partial charge on any atom is 0.262 e. The molecule has 2 aromatic rings. The molecule has 2 amide bonds. The molecule has 0 fully saturated rings. The molecule has 0 aliphatic rings. The maximum atomic E-state index is 12.8. The molecule has 2 rings (SSSR count). The van der Waals surface area contributed by atoms with Crippen molar-refractivity contribution in [2.24, 2.45) is 5.92 Å². The summed E-state index contributed by atoms with van der Waals surface area (Å²) in [6.45, 7) is 4.16. The van der Waals surface area contributed by atoms with Crippen molar-refractivity contribution >= 4 is 35.0 Å². The highest BCUT2D eigenvalue weighted by Gasteiger charge is 2.27. The normalized spacial score (nSPS) is 10.7. The van der Waals surface area contributed by atoms with Crippen LogP contribution in [-0.4, -0.2) is 23.3 Å². The van der Waals surface area contributed by atoms with E-state index in [-0.39, 0.29) is 12.5 Å². The second kappa shape index (κ2) is 7.62. The fourth-order valence-electron chi connectivity index (χ4n) is 2.18. The molecule has 0 saturated heterocycles. The van der Waals surface area contributed by atoms with Gasteiger partial charge in [-0.05, 0) is 30.2 Å². The number of carbonyl (C=O) groups excluding carboxylic acids is 2. The van der Waals surface area contributed by atoms with Gasteiger partial charge in [-0.15, -0.1) is 0 Å². The Morgan fingerprint density at radius 2 is 1.26 bits per heavy atom. The second-order valence-corrected chi connectivity index (χ2v) is 6.39. The van der Waals surface area contributed by atoms with Gasteiger partial charge in [-0.2, -0.15) is 0 Å². The molecule has 5 heteroatoms. The lowest BCUT2D eigenvalue weighted by molar-refractivity contribution is 0.0598. The molecule has 0 spiro atoms. The fraction of sp³-hybridized carbons (Fsp3) is 0.222. The molecular weight excluding hydrogens is 333 g/mol. The van der Waals surface area contributed by atoms with E-state index in [0.29, 0.717) is 21.2 Å². The lowest BCUT2D eigenvalue weighted by Crippen LogP contribution is -2.39. The molecule has 0 aliphatic carbocycles. The Hall–Kier alpha value is -1.84. The van der Waals surface area contributed by atoms with Crippen LogP contribution in [0.2, 0.25) is 10.0 Å². The number of imide groups is 1. The average molecular weight is 350 g/mol. The fourth-order valence-corrected chi connectivity index (χ4v) is 2.62. The largest absolute Gasteiger partial charge is 0.274 e. The van der Waals surface area contributed by atoms with Gasteiger partial charge in [0.05, 0.1) is 21.2 Å². The molecule has 0 radical (unpaired) electrons. The number of hydrogen-bond acceptors (Lipinski definition) is 2. The molecule has 0 aromatic heterocycles. The molecule has 0 aliphatic heterocycles. The second-order valence-electron chi connectivity index (χ2n) is 5.57. The minimum Gasteiger partial charge on any atom is -0.274 e. The Morgan fingerprint density at radius 3 is 1.61 bits per heavy atom. The minimum atomic E-state index is -0.422. The van der Waals surface area contributed by atoms with Gasteiger partial charge in [0.2, 0.25) is 0 Å². The molecule has 0 unspecified atom stereocenters. The zero-order valence-electron chi connectivity index (χ0n) is 12.9. The Morgan fingerprint density at radius 1 is 0.870 bits per heavy atom. The van der Waals surface area contributed by atoms with E-state index >= 15 is 0 Å². The van der Waals surface area contributed by atoms with Gasteiger partial charge in [-0.3, -0.25) is 14.5 Å². The van der Waals surface area contributed by atoms with Crippen molar-refractivity contribution < 1.29 is 9.59 Å². The molecule has 23 heavy (non-hydrogen) atoms. The van der Waals surface area contributed by atoms with Gasteiger partial charge < -0.3 is 0 Å². The molecule has 2 aromatic carbocycles. The summed E-state index contributed by atoms with van der Waals surface area (Å²) in [6, 6.07) is 13.4. The monoisotopic (exact) mass is 349 g/mol. The highest BCUT2D eigenvalue weighted by Crippen LogP contribution is 2.22. The molecule has 0 heterocycles. The van der Waals surface area contributed by atoms with E-state index < -0.39 is 11.8 Å². The van der Waals surface area contributed by atoms with Crippen LogP contribution in [-0.2, 0) is 0 Å². The van der Waals surface area contributed by atoms with Crippen LogP contribution in [0.5, 0.6) is 0 Å². The van der Waals surface area contributed by atoms with Crippen LogP contribution in [0, 0.1) is 5.92 Å². The number of rotatable bonds is 4. The number of halogens is 2. The van der Waals surface area contributed by atoms with Crippen molar-refractivity contribution in [2.75, 3.05) is 6.54 Å². The van der Waals surface area contributed by atoms with Crippen LogP contribution in [0.15, 0.2) is 48.5 Å². The standard InChI is InChI=1S/C18H17Cl2NO2/c1-12(2)11-21(17(22)13-7-3-5-9-15(13)19)18(23)14-8-4-6-10-16(14)20/h3-10,12H,11H2,1-2H3. The third-order valence-electron chi connectivity index (χ3n) is 3.25. The van der Waals surface area contributed by atoms with Crippen LogP contribution >= 0.6 is 23.2 Å². The Bertz CT molecular complexity index is 671. The summed E-state index contributed by atoms with van der Waals surface area (Å²) in [6.07, 6.45) is 0. The summed E-state index contributed by atoms with van der Waals surface area (Å²) in [5.41, 5.74) is 0.602. The molecule has 0 saturated carbocycles. The van der Waals surface area contributed by atoms with Crippen LogP contribution in [0.4, 0.5) is 0 Å². The lowest BCUT2D eigenvalue weighted by Gasteiger charge is -2.23. The van der Waals surface area contributed by atoms with E-state index in [1.165, 1.54) is 4.90 Å². The molecule has 120 valence electrons. The first-order valence-corrected chi connectivity index (χ1v) is 8.02. The summed E-state index contributed by atoms with van der Waals surface area (Å²) < 4.78 is 0. The van der Waals surface area contributed by atoms with Crippen molar-refractivity contribution in [1.29, 1.82) is 0 Å². The predicted octanol–water partition coefficient (Wildman–Crippen LogP) is 4.93. The topological polar surface area (TPSA) is 37.4 Å². The highest BCUT2D eigenvalue weighted by atomic mass is 35.5. The van der Waals surface area contributed by atoms with Gasteiger partial charge in [0, 0.05) is 6.54 Å². The van der Waals surface area contributed by atoms with E-state index in [4.69, 9.17) is 23.2 Å². The molecule has 0 N–H and O–H groups in total. The summed E-state index contributed by atoms with van der Waals surface area (Å²) in [4.78, 5) is 26.8. The summed E-state index contributed by atoms with van der Waals surface area (Å²) in [5.74, 6) is -0.726. The van der Waals surface area contributed by atoms with E-state index in [0.717, 1.165) is 0 Å². The first-order chi connectivity index (χ1) is 10.9. The number of benzene rings is 2. The van der Waals surface area contributed by atoms with Crippen LogP contribution in [0.1, 0.15) is 34.6 Å². The predicted molar refractivity (Wildman–Crippen MR) is 93.1 cm³/mol. The van der Waals surface area contributed by atoms with Crippen molar-refractivity contribution in [3.63, 3.8) is 0 Å². The Balaban J connectivity index is 2.41. The van der Waals surface area contributed by atoms with Crippen molar-refractivity contribution in [2.45, 2.75) is 13.8 Å². The zero-order chi connectivity index (χ0) is 17.0.